The molecular weight excluding hydrogens is 368 g/mol. The van der Waals surface area contributed by atoms with Gasteiger partial charge in [0.2, 0.25) is 0 Å². The number of amides is 1. The summed E-state index contributed by atoms with van der Waals surface area (Å²) in [5.41, 5.74) is 6.19. The van der Waals surface area contributed by atoms with Crippen LogP contribution in [0.15, 0.2) is 89.8 Å². The van der Waals surface area contributed by atoms with Crippen LogP contribution in [0.3, 0.4) is 0 Å². The Morgan fingerprint density at radius 1 is 0.929 bits per heavy atom. The van der Waals surface area contributed by atoms with Gasteiger partial charge in [0.25, 0.3) is 5.91 Å². The second kappa shape index (κ2) is 8.50. The number of nitrogens with one attached hydrogen (secondary N) is 1. The van der Waals surface area contributed by atoms with Crippen LogP contribution in [0.5, 0.6) is 5.75 Å². The van der Waals surface area contributed by atoms with Crippen LogP contribution in [-0.4, -0.2) is 10.9 Å². The molecule has 0 aliphatic heterocycles. The molecule has 0 unspecified atom stereocenters. The van der Waals surface area contributed by atoms with Crippen molar-refractivity contribution in [2.45, 2.75) is 6.61 Å². The smallest absolute Gasteiger partial charge is 0.255 e. The van der Waals surface area contributed by atoms with Crippen molar-refractivity contribution in [1.29, 1.82) is 0 Å². The normalized spacial score (nSPS) is 10.4. The Labute approximate surface area is 167 Å². The standard InChI is InChI=1S/C23H18N2O2S/c26-23(19-7-4-8-22(13-19)27-14-21-15-28-16-24-21)25-20-11-9-18(10-12-20)17-5-2-1-3-6-17/h1-13,15-16H,14H2,(H,25,26). The number of hydrogen-bond acceptors (Lipinski definition) is 4. The van der Waals surface area contributed by atoms with E-state index in [1.807, 2.05) is 60.0 Å². The molecule has 0 bridgehead atoms. The third-order valence-corrected chi connectivity index (χ3v) is 4.85. The van der Waals surface area contributed by atoms with Gasteiger partial charge >= 0.3 is 0 Å². The number of carbonyl (C=O) groups is 1. The van der Waals surface area contributed by atoms with Crippen molar-refractivity contribution in [3.63, 3.8) is 0 Å². The van der Waals surface area contributed by atoms with Crippen LogP contribution in [-0.2, 0) is 6.61 Å². The Kier molecular flexibility index (Phi) is 5.45. The average Bonchev–Trinajstić information content (AvgIpc) is 3.27. The van der Waals surface area contributed by atoms with E-state index in [0.717, 1.165) is 22.5 Å². The monoisotopic (exact) mass is 386 g/mol. The molecular formula is C23H18N2O2S. The summed E-state index contributed by atoms with van der Waals surface area (Å²) < 4.78 is 5.72. The third kappa shape index (κ3) is 4.45. The molecule has 5 heteroatoms. The van der Waals surface area contributed by atoms with Crippen LogP contribution in [0.1, 0.15) is 16.1 Å². The molecule has 3 aromatic carbocycles. The molecule has 0 spiro atoms. The molecule has 1 amide bonds. The molecule has 1 N–H and O–H groups in total. The molecule has 0 saturated heterocycles. The Morgan fingerprint density at radius 3 is 2.46 bits per heavy atom. The average molecular weight is 386 g/mol. The first-order valence-corrected chi connectivity index (χ1v) is 9.79. The first-order valence-electron chi connectivity index (χ1n) is 8.85. The molecule has 0 aliphatic carbocycles. The molecule has 0 aliphatic rings. The zero-order valence-electron chi connectivity index (χ0n) is 15.0. The van der Waals surface area contributed by atoms with Crippen LogP contribution in [0.25, 0.3) is 11.1 Å². The minimum atomic E-state index is -0.174. The summed E-state index contributed by atoms with van der Waals surface area (Å²) >= 11 is 1.53. The zero-order valence-corrected chi connectivity index (χ0v) is 15.9. The lowest BCUT2D eigenvalue weighted by Gasteiger charge is -2.09. The maximum atomic E-state index is 12.6. The Hall–Kier alpha value is -3.44. The fourth-order valence-electron chi connectivity index (χ4n) is 2.77. The summed E-state index contributed by atoms with van der Waals surface area (Å²) in [6.45, 7) is 0.384. The van der Waals surface area contributed by atoms with Gasteiger partial charge in [-0.2, -0.15) is 0 Å². The van der Waals surface area contributed by atoms with Gasteiger partial charge in [-0.25, -0.2) is 4.98 Å². The van der Waals surface area contributed by atoms with E-state index in [4.69, 9.17) is 4.74 Å². The lowest BCUT2D eigenvalue weighted by molar-refractivity contribution is 0.102. The zero-order chi connectivity index (χ0) is 19.2. The Bertz CT molecular complexity index is 1050. The molecule has 138 valence electrons. The van der Waals surface area contributed by atoms with Crippen molar-refractivity contribution in [2.24, 2.45) is 0 Å². The van der Waals surface area contributed by atoms with Gasteiger partial charge in [0, 0.05) is 16.6 Å². The first-order chi connectivity index (χ1) is 13.8. The Balaban J connectivity index is 1.41. The van der Waals surface area contributed by atoms with E-state index in [2.05, 4.69) is 22.4 Å². The lowest BCUT2D eigenvalue weighted by Crippen LogP contribution is -2.11. The maximum Gasteiger partial charge on any atom is 0.255 e. The van der Waals surface area contributed by atoms with Gasteiger partial charge in [0.15, 0.2) is 0 Å². The quantitative estimate of drug-likeness (QED) is 0.466. The van der Waals surface area contributed by atoms with Gasteiger partial charge in [-0.15, -0.1) is 11.3 Å². The van der Waals surface area contributed by atoms with Crippen molar-refractivity contribution >= 4 is 22.9 Å². The minimum absolute atomic E-state index is 0.174. The van der Waals surface area contributed by atoms with Crippen molar-refractivity contribution in [3.05, 3.63) is 101 Å². The molecule has 0 radical (unpaired) electrons. The third-order valence-electron chi connectivity index (χ3n) is 4.22. The fourth-order valence-corrected chi connectivity index (χ4v) is 3.32. The van der Waals surface area contributed by atoms with Crippen LogP contribution in [0.2, 0.25) is 0 Å². The molecule has 1 aromatic heterocycles. The molecule has 28 heavy (non-hydrogen) atoms. The molecule has 0 saturated carbocycles. The van der Waals surface area contributed by atoms with Crippen molar-refractivity contribution < 1.29 is 9.53 Å². The van der Waals surface area contributed by atoms with E-state index in [1.54, 1.807) is 17.6 Å². The highest BCUT2D eigenvalue weighted by Crippen LogP contribution is 2.22. The largest absolute Gasteiger partial charge is 0.487 e. The van der Waals surface area contributed by atoms with Gasteiger partial charge in [-0.05, 0) is 41.5 Å². The van der Waals surface area contributed by atoms with Crippen molar-refractivity contribution in [2.75, 3.05) is 5.32 Å². The summed E-state index contributed by atoms with van der Waals surface area (Å²) in [7, 11) is 0. The first kappa shape index (κ1) is 17.9. The molecule has 4 aromatic rings. The number of hydrogen-bond donors (Lipinski definition) is 1. The van der Waals surface area contributed by atoms with E-state index in [-0.39, 0.29) is 5.91 Å². The van der Waals surface area contributed by atoms with Gasteiger partial charge in [-0.1, -0.05) is 48.5 Å². The summed E-state index contributed by atoms with van der Waals surface area (Å²) in [4.78, 5) is 16.8. The van der Waals surface area contributed by atoms with Crippen LogP contribution < -0.4 is 10.1 Å². The van der Waals surface area contributed by atoms with Crippen LogP contribution in [0, 0.1) is 0 Å². The van der Waals surface area contributed by atoms with E-state index in [0.29, 0.717) is 17.9 Å². The molecule has 4 nitrogen and oxygen atoms in total. The van der Waals surface area contributed by atoms with E-state index < -0.39 is 0 Å². The number of thiazole rings is 1. The highest BCUT2D eigenvalue weighted by molar-refractivity contribution is 7.07. The number of ether oxygens (including phenoxy) is 1. The SMILES string of the molecule is O=C(Nc1ccc(-c2ccccc2)cc1)c1cccc(OCc2cscn2)c1. The summed E-state index contributed by atoms with van der Waals surface area (Å²) in [6.07, 6.45) is 0. The maximum absolute atomic E-state index is 12.6. The molecule has 1 heterocycles. The lowest BCUT2D eigenvalue weighted by atomic mass is 10.1. The van der Waals surface area contributed by atoms with Crippen molar-refractivity contribution in [3.8, 4) is 16.9 Å². The number of aromatic nitrogens is 1. The highest BCUT2D eigenvalue weighted by Gasteiger charge is 2.08. The van der Waals surface area contributed by atoms with Gasteiger partial charge in [-0.3, -0.25) is 4.79 Å². The summed E-state index contributed by atoms with van der Waals surface area (Å²) in [5.74, 6) is 0.464. The second-order valence-corrected chi connectivity index (χ2v) is 6.91. The summed E-state index contributed by atoms with van der Waals surface area (Å²) in [6, 6.07) is 25.1. The number of carbonyl (C=O) groups excluding carboxylic acids is 1. The second-order valence-electron chi connectivity index (χ2n) is 6.19. The van der Waals surface area contributed by atoms with E-state index in [9.17, 15) is 4.79 Å². The van der Waals surface area contributed by atoms with Gasteiger partial charge < -0.3 is 10.1 Å². The van der Waals surface area contributed by atoms with Gasteiger partial charge in [0.05, 0.1) is 11.2 Å². The Morgan fingerprint density at radius 2 is 1.71 bits per heavy atom. The minimum Gasteiger partial charge on any atom is -0.487 e. The number of rotatable bonds is 6. The van der Waals surface area contributed by atoms with E-state index in [1.165, 1.54) is 11.3 Å². The predicted octanol–water partition coefficient (Wildman–Crippen LogP) is 5.64. The topological polar surface area (TPSA) is 51.2 Å². The van der Waals surface area contributed by atoms with Gasteiger partial charge in [0.1, 0.15) is 12.4 Å². The van der Waals surface area contributed by atoms with Crippen LogP contribution in [0.4, 0.5) is 5.69 Å². The van der Waals surface area contributed by atoms with E-state index >= 15 is 0 Å². The number of benzene rings is 3. The summed E-state index contributed by atoms with van der Waals surface area (Å²) in [5, 5.41) is 4.87. The molecule has 0 fully saturated rings. The number of nitrogens with zero attached hydrogens (tertiary/aromatic N) is 1. The highest BCUT2D eigenvalue weighted by atomic mass is 32.1. The molecule has 4 rings (SSSR count). The number of anilines is 1. The molecule has 0 atom stereocenters. The van der Waals surface area contributed by atoms with Crippen LogP contribution >= 0.6 is 11.3 Å². The predicted molar refractivity (Wildman–Crippen MR) is 113 cm³/mol. The van der Waals surface area contributed by atoms with Crippen molar-refractivity contribution in [1.82, 2.24) is 4.98 Å². The fraction of sp³-hybridized carbons (Fsp3) is 0.0435.